The number of nitrogens with zero attached hydrogens (tertiary/aromatic N) is 3. The van der Waals surface area contributed by atoms with Crippen molar-refractivity contribution in [2.75, 3.05) is 54.0 Å². The number of hydrogen-bond acceptors (Lipinski definition) is 3. The van der Waals surface area contributed by atoms with E-state index in [0.29, 0.717) is 0 Å². The zero-order valence-corrected chi connectivity index (χ0v) is 28.5. The lowest BCUT2D eigenvalue weighted by Crippen LogP contribution is -2.23. The first-order valence-corrected chi connectivity index (χ1v) is 14.4. The SMILES string of the molecule is CCN(CC)c1ccc(C(c2ccc(N(CC)CC)cc2C)c2ccc(N(CC)CC)cc2C)c(C)c1.Cl.Cl.Cl. The van der Waals surface area contributed by atoms with Gasteiger partial charge in [0.25, 0.3) is 0 Å². The van der Waals surface area contributed by atoms with Gasteiger partial charge in [-0.2, -0.15) is 0 Å². The van der Waals surface area contributed by atoms with Gasteiger partial charge in [0.1, 0.15) is 0 Å². The maximum absolute atomic E-state index is 2.43. The highest BCUT2D eigenvalue weighted by atomic mass is 35.5. The molecule has 0 aromatic heterocycles. The van der Waals surface area contributed by atoms with Gasteiger partial charge in [0.15, 0.2) is 0 Å². The van der Waals surface area contributed by atoms with Gasteiger partial charge in [-0.3, -0.25) is 0 Å². The summed E-state index contributed by atoms with van der Waals surface area (Å²) in [7, 11) is 0. The molecular formula is C34H52Cl3N3. The topological polar surface area (TPSA) is 9.72 Å². The van der Waals surface area contributed by atoms with E-state index in [2.05, 4.69) is 132 Å². The average Bonchev–Trinajstić information content (AvgIpc) is 2.89. The first-order valence-electron chi connectivity index (χ1n) is 14.4. The minimum absolute atomic E-state index is 0. The van der Waals surface area contributed by atoms with E-state index in [1.807, 2.05) is 0 Å². The van der Waals surface area contributed by atoms with Crippen LogP contribution in [0.1, 0.15) is 80.8 Å². The fraction of sp³-hybridized carbons (Fsp3) is 0.471. The van der Waals surface area contributed by atoms with Crippen LogP contribution in [0.2, 0.25) is 0 Å². The van der Waals surface area contributed by atoms with E-state index in [1.165, 1.54) is 50.4 Å². The number of halogens is 3. The second kappa shape index (κ2) is 17.7. The first-order chi connectivity index (χ1) is 17.8. The highest BCUT2D eigenvalue weighted by molar-refractivity contribution is 5.86. The van der Waals surface area contributed by atoms with Crippen molar-refractivity contribution >= 4 is 54.3 Å². The van der Waals surface area contributed by atoms with Crippen molar-refractivity contribution in [1.82, 2.24) is 0 Å². The van der Waals surface area contributed by atoms with Crippen molar-refractivity contribution in [2.24, 2.45) is 0 Å². The minimum Gasteiger partial charge on any atom is -0.372 e. The van der Waals surface area contributed by atoms with E-state index in [9.17, 15) is 0 Å². The van der Waals surface area contributed by atoms with Crippen LogP contribution in [-0.4, -0.2) is 39.3 Å². The third-order valence-corrected chi connectivity index (χ3v) is 8.08. The van der Waals surface area contributed by atoms with Gasteiger partial charge in [-0.15, -0.1) is 37.2 Å². The largest absolute Gasteiger partial charge is 0.372 e. The van der Waals surface area contributed by atoms with Gasteiger partial charge >= 0.3 is 0 Å². The average molecular weight is 609 g/mol. The van der Waals surface area contributed by atoms with Crippen LogP contribution >= 0.6 is 37.2 Å². The second-order valence-electron chi connectivity index (χ2n) is 10.1. The van der Waals surface area contributed by atoms with Crippen molar-refractivity contribution in [3.63, 3.8) is 0 Å². The Morgan fingerprint density at radius 1 is 0.425 bits per heavy atom. The Morgan fingerprint density at radius 2 is 0.650 bits per heavy atom. The van der Waals surface area contributed by atoms with E-state index < -0.39 is 0 Å². The standard InChI is InChI=1S/C34H49N3.3ClH/c1-10-35(11-2)28-16-19-31(25(7)22-28)34(32-20-17-29(23-26(32)8)36(12-3)13-4)33-21-18-30(24-27(33)9)37(14-5)15-6;;;/h16-24,34H,10-15H2,1-9H3;3*1H. The molecule has 0 saturated carbocycles. The number of aryl methyl sites for hydroxylation is 3. The first kappa shape index (κ1) is 37.9. The van der Waals surface area contributed by atoms with Gasteiger partial charge < -0.3 is 14.7 Å². The minimum atomic E-state index is 0. The van der Waals surface area contributed by atoms with Crippen molar-refractivity contribution in [3.8, 4) is 0 Å². The van der Waals surface area contributed by atoms with E-state index in [1.54, 1.807) is 0 Å². The monoisotopic (exact) mass is 607 g/mol. The molecular weight excluding hydrogens is 557 g/mol. The van der Waals surface area contributed by atoms with Gasteiger partial charge in [-0.05, 0) is 132 Å². The lowest BCUT2D eigenvalue weighted by molar-refractivity contribution is 0.856. The molecule has 0 spiro atoms. The predicted molar refractivity (Wildman–Crippen MR) is 187 cm³/mol. The Morgan fingerprint density at radius 3 is 0.825 bits per heavy atom. The van der Waals surface area contributed by atoms with Crippen LogP contribution in [0.5, 0.6) is 0 Å². The summed E-state index contributed by atoms with van der Waals surface area (Å²) in [4.78, 5) is 7.29. The summed E-state index contributed by atoms with van der Waals surface area (Å²) in [5, 5.41) is 0. The van der Waals surface area contributed by atoms with Crippen LogP contribution in [0.25, 0.3) is 0 Å². The summed E-state index contributed by atoms with van der Waals surface area (Å²) in [5.41, 5.74) is 12.2. The fourth-order valence-electron chi connectivity index (χ4n) is 5.81. The Labute approximate surface area is 263 Å². The summed E-state index contributed by atoms with van der Waals surface area (Å²) in [5.74, 6) is 0.197. The van der Waals surface area contributed by atoms with Gasteiger partial charge in [-0.25, -0.2) is 0 Å². The molecule has 0 aliphatic rings. The number of rotatable bonds is 12. The van der Waals surface area contributed by atoms with Crippen LogP contribution < -0.4 is 14.7 Å². The molecule has 224 valence electrons. The quantitative estimate of drug-likeness (QED) is 0.190. The normalized spacial score (nSPS) is 10.3. The molecule has 3 nitrogen and oxygen atoms in total. The summed E-state index contributed by atoms with van der Waals surface area (Å²) in [6.45, 7) is 26.4. The summed E-state index contributed by atoms with van der Waals surface area (Å²) < 4.78 is 0. The molecule has 0 aliphatic carbocycles. The smallest absolute Gasteiger partial charge is 0.0368 e. The molecule has 0 aliphatic heterocycles. The Balaban J connectivity index is 0.00000507. The van der Waals surface area contributed by atoms with Crippen molar-refractivity contribution in [3.05, 3.63) is 88.0 Å². The number of benzene rings is 3. The molecule has 40 heavy (non-hydrogen) atoms. The molecule has 0 atom stereocenters. The Kier molecular flexibility index (Phi) is 16.8. The lowest BCUT2D eigenvalue weighted by Gasteiger charge is -2.29. The fourth-order valence-corrected chi connectivity index (χ4v) is 5.81. The van der Waals surface area contributed by atoms with Crippen LogP contribution in [0.15, 0.2) is 54.6 Å². The highest BCUT2D eigenvalue weighted by Gasteiger charge is 2.24. The van der Waals surface area contributed by atoms with E-state index in [0.717, 1.165) is 39.3 Å². The van der Waals surface area contributed by atoms with Crippen LogP contribution in [0.4, 0.5) is 17.1 Å². The van der Waals surface area contributed by atoms with Gasteiger partial charge in [-0.1, -0.05) is 18.2 Å². The molecule has 3 aromatic rings. The zero-order chi connectivity index (χ0) is 27.1. The van der Waals surface area contributed by atoms with Crippen molar-refractivity contribution in [1.29, 1.82) is 0 Å². The van der Waals surface area contributed by atoms with Crippen LogP contribution in [-0.2, 0) is 0 Å². The molecule has 0 saturated heterocycles. The highest BCUT2D eigenvalue weighted by Crippen LogP contribution is 2.40. The van der Waals surface area contributed by atoms with Crippen LogP contribution in [0.3, 0.4) is 0 Å². The molecule has 3 aromatic carbocycles. The predicted octanol–water partition coefficient (Wildman–Crippen LogP) is 9.60. The molecule has 0 N–H and O–H groups in total. The summed E-state index contributed by atoms with van der Waals surface area (Å²) in [6.07, 6.45) is 0. The zero-order valence-electron chi connectivity index (χ0n) is 26.1. The summed E-state index contributed by atoms with van der Waals surface area (Å²) in [6, 6.07) is 21.2. The number of anilines is 3. The Hall–Kier alpha value is -2.07. The maximum atomic E-state index is 2.43. The molecule has 0 heterocycles. The number of hydrogen-bond donors (Lipinski definition) is 0. The van der Waals surface area contributed by atoms with E-state index >= 15 is 0 Å². The molecule has 0 unspecified atom stereocenters. The van der Waals surface area contributed by atoms with E-state index in [4.69, 9.17) is 0 Å². The third-order valence-electron chi connectivity index (χ3n) is 8.08. The van der Waals surface area contributed by atoms with Gasteiger partial charge in [0.05, 0.1) is 0 Å². The van der Waals surface area contributed by atoms with Crippen molar-refractivity contribution < 1.29 is 0 Å². The second-order valence-corrected chi connectivity index (χ2v) is 10.1. The van der Waals surface area contributed by atoms with Crippen molar-refractivity contribution in [2.45, 2.75) is 68.2 Å². The van der Waals surface area contributed by atoms with Crippen LogP contribution in [0, 0.1) is 20.8 Å². The summed E-state index contributed by atoms with van der Waals surface area (Å²) >= 11 is 0. The lowest BCUT2D eigenvalue weighted by atomic mass is 9.79. The molecule has 0 amide bonds. The molecule has 0 fully saturated rings. The van der Waals surface area contributed by atoms with Gasteiger partial charge in [0, 0.05) is 62.2 Å². The molecule has 0 bridgehead atoms. The molecule has 3 rings (SSSR count). The Bertz CT molecular complexity index is 1020. The third kappa shape index (κ3) is 8.24. The molecule has 0 radical (unpaired) electrons. The molecule has 6 heteroatoms. The van der Waals surface area contributed by atoms with Gasteiger partial charge in [0.2, 0.25) is 0 Å². The van der Waals surface area contributed by atoms with E-state index in [-0.39, 0.29) is 43.1 Å². The maximum Gasteiger partial charge on any atom is 0.0368 e.